The molecule has 0 fully saturated rings. The summed E-state index contributed by atoms with van der Waals surface area (Å²) in [7, 11) is 0. The minimum atomic E-state index is -0.102. The number of amides is 1. The zero-order chi connectivity index (χ0) is 16.1. The summed E-state index contributed by atoms with van der Waals surface area (Å²) in [5.41, 5.74) is 1.14. The molecule has 1 aromatic carbocycles. The van der Waals surface area contributed by atoms with Gasteiger partial charge in [0.15, 0.2) is 0 Å². The molecule has 0 unspecified atom stereocenters. The summed E-state index contributed by atoms with van der Waals surface area (Å²) in [5.74, 6) is 0.567. The number of rotatable bonds is 6. The van der Waals surface area contributed by atoms with Crippen molar-refractivity contribution in [2.24, 2.45) is 0 Å². The summed E-state index contributed by atoms with van der Waals surface area (Å²) in [6.45, 7) is 4.19. The predicted octanol–water partition coefficient (Wildman–Crippen LogP) is 3.07. The van der Waals surface area contributed by atoms with Crippen molar-refractivity contribution in [2.45, 2.75) is 0 Å². The molecule has 0 aliphatic heterocycles. The molecule has 2 heterocycles. The number of nitrogens with zero attached hydrogens (tertiary/aromatic N) is 2. The molecule has 116 valence electrons. The molecule has 3 rings (SSSR count). The van der Waals surface area contributed by atoms with Crippen LogP contribution in [0.15, 0.2) is 55.4 Å². The van der Waals surface area contributed by atoms with Crippen molar-refractivity contribution in [3.8, 4) is 10.4 Å². The molecular weight excluding hydrogens is 308 g/mol. The minimum Gasteiger partial charge on any atom is -0.360 e. The summed E-state index contributed by atoms with van der Waals surface area (Å²) >= 11 is 1.61. The quantitative estimate of drug-likeness (QED) is 0.684. The van der Waals surface area contributed by atoms with E-state index >= 15 is 0 Å². The maximum atomic E-state index is 11.7. The average molecular weight is 324 g/mol. The molecule has 0 spiro atoms. The molecule has 0 aliphatic carbocycles. The van der Waals surface area contributed by atoms with Crippen LogP contribution in [-0.4, -0.2) is 29.0 Å². The molecule has 6 heteroatoms. The van der Waals surface area contributed by atoms with Crippen LogP contribution in [0.1, 0.15) is 0 Å². The second-order valence-corrected chi connectivity index (χ2v) is 5.89. The van der Waals surface area contributed by atoms with E-state index in [0.29, 0.717) is 12.4 Å². The number of benzene rings is 1. The van der Waals surface area contributed by atoms with Gasteiger partial charge in [-0.2, -0.15) is 0 Å². The number of fused-ring (bicyclic) bond motifs is 1. The molecule has 0 radical (unpaired) electrons. The van der Waals surface area contributed by atoms with Gasteiger partial charge in [-0.05, 0) is 11.6 Å². The summed E-state index contributed by atoms with van der Waals surface area (Å²) < 4.78 is 0. The highest BCUT2D eigenvalue weighted by molar-refractivity contribution is 7.21. The number of hydrogen-bond acceptors (Lipinski definition) is 5. The van der Waals surface area contributed by atoms with E-state index in [9.17, 15) is 4.79 Å². The van der Waals surface area contributed by atoms with Gasteiger partial charge in [-0.3, -0.25) is 4.79 Å². The third-order valence-corrected chi connectivity index (χ3v) is 4.34. The van der Waals surface area contributed by atoms with Crippen molar-refractivity contribution in [1.29, 1.82) is 0 Å². The number of anilines is 1. The molecule has 1 amide bonds. The fraction of sp³-hybridized carbons (Fsp3) is 0.118. The first kappa shape index (κ1) is 15.2. The molecular formula is C17H16N4OS. The fourth-order valence-corrected chi connectivity index (χ4v) is 3.16. The number of carbonyl (C=O) groups is 1. The Morgan fingerprint density at radius 3 is 2.87 bits per heavy atom. The van der Waals surface area contributed by atoms with Gasteiger partial charge >= 0.3 is 0 Å². The molecule has 2 N–H and O–H groups in total. The monoisotopic (exact) mass is 324 g/mol. The molecule has 0 atom stereocenters. The van der Waals surface area contributed by atoms with Gasteiger partial charge in [-0.1, -0.05) is 36.4 Å². The minimum absolute atomic E-state index is 0.102. The lowest BCUT2D eigenvalue weighted by molar-refractivity contribution is -0.119. The zero-order valence-electron chi connectivity index (χ0n) is 12.5. The average Bonchev–Trinajstić information content (AvgIpc) is 3.03. The van der Waals surface area contributed by atoms with E-state index in [-0.39, 0.29) is 12.5 Å². The number of carbonyl (C=O) groups excluding carboxylic acids is 1. The predicted molar refractivity (Wildman–Crippen MR) is 94.5 cm³/mol. The van der Waals surface area contributed by atoms with Crippen molar-refractivity contribution in [3.63, 3.8) is 0 Å². The van der Waals surface area contributed by atoms with Crippen LogP contribution in [0, 0.1) is 0 Å². The van der Waals surface area contributed by atoms with Crippen LogP contribution in [0.25, 0.3) is 20.7 Å². The number of hydrogen-bond donors (Lipinski definition) is 2. The van der Waals surface area contributed by atoms with Crippen LogP contribution in [0.4, 0.5) is 5.82 Å². The van der Waals surface area contributed by atoms with E-state index in [1.165, 1.54) is 6.33 Å². The lowest BCUT2D eigenvalue weighted by Crippen LogP contribution is -2.30. The van der Waals surface area contributed by atoms with Crippen LogP contribution < -0.4 is 10.6 Å². The highest BCUT2D eigenvalue weighted by Crippen LogP contribution is 2.34. The number of nitrogens with one attached hydrogen (secondary N) is 2. The largest absolute Gasteiger partial charge is 0.360 e. The van der Waals surface area contributed by atoms with Crippen LogP contribution in [0.5, 0.6) is 0 Å². The molecule has 2 aromatic heterocycles. The molecule has 0 saturated heterocycles. The molecule has 3 aromatic rings. The maximum Gasteiger partial charge on any atom is 0.239 e. The lowest BCUT2D eigenvalue weighted by Gasteiger charge is -2.06. The Bertz CT molecular complexity index is 829. The highest BCUT2D eigenvalue weighted by Gasteiger charge is 2.10. The Labute approximate surface area is 138 Å². The molecule has 0 bridgehead atoms. The summed E-state index contributed by atoms with van der Waals surface area (Å²) in [6, 6.07) is 12.2. The maximum absolute atomic E-state index is 11.7. The Morgan fingerprint density at radius 1 is 1.26 bits per heavy atom. The van der Waals surface area contributed by atoms with E-state index in [4.69, 9.17) is 0 Å². The van der Waals surface area contributed by atoms with Gasteiger partial charge in [-0.25, -0.2) is 9.97 Å². The lowest BCUT2D eigenvalue weighted by atomic mass is 10.2. The Hall–Kier alpha value is -2.73. The summed E-state index contributed by atoms with van der Waals surface area (Å²) in [4.78, 5) is 22.3. The van der Waals surface area contributed by atoms with Crippen LogP contribution in [-0.2, 0) is 4.79 Å². The van der Waals surface area contributed by atoms with Gasteiger partial charge in [0, 0.05) is 11.4 Å². The molecule has 5 nitrogen and oxygen atoms in total. The van der Waals surface area contributed by atoms with E-state index in [1.54, 1.807) is 17.4 Å². The summed E-state index contributed by atoms with van der Waals surface area (Å²) in [6.07, 6.45) is 3.16. The Balaban J connectivity index is 1.83. The molecule has 0 saturated carbocycles. The first-order valence-electron chi connectivity index (χ1n) is 7.19. The van der Waals surface area contributed by atoms with Crippen LogP contribution >= 0.6 is 11.3 Å². The van der Waals surface area contributed by atoms with Gasteiger partial charge in [0.05, 0.1) is 11.9 Å². The van der Waals surface area contributed by atoms with Crippen molar-refractivity contribution in [3.05, 3.63) is 55.4 Å². The van der Waals surface area contributed by atoms with E-state index < -0.39 is 0 Å². The SMILES string of the molecule is C=CCNC(=O)CNc1ncnc2sc(-c3ccccc3)cc12. The van der Waals surface area contributed by atoms with Gasteiger partial charge in [0.25, 0.3) is 0 Å². The Morgan fingerprint density at radius 2 is 2.09 bits per heavy atom. The third kappa shape index (κ3) is 3.54. The van der Waals surface area contributed by atoms with Gasteiger partial charge < -0.3 is 10.6 Å². The number of aromatic nitrogens is 2. The van der Waals surface area contributed by atoms with Crippen molar-refractivity contribution < 1.29 is 4.79 Å². The number of thiophene rings is 1. The van der Waals surface area contributed by atoms with E-state index in [1.807, 2.05) is 18.2 Å². The van der Waals surface area contributed by atoms with Crippen LogP contribution in [0.2, 0.25) is 0 Å². The van der Waals surface area contributed by atoms with Gasteiger partial charge in [-0.15, -0.1) is 17.9 Å². The van der Waals surface area contributed by atoms with Crippen molar-refractivity contribution in [2.75, 3.05) is 18.4 Å². The summed E-state index contributed by atoms with van der Waals surface area (Å²) in [5, 5.41) is 6.72. The standard InChI is InChI=1S/C17H16N4OS/c1-2-8-18-15(22)10-19-16-13-9-14(12-6-4-3-5-7-12)23-17(13)21-11-20-16/h2-7,9,11H,1,8,10H2,(H,18,22)(H,19,20,21). The van der Waals surface area contributed by atoms with E-state index in [0.717, 1.165) is 20.7 Å². The van der Waals surface area contributed by atoms with Crippen molar-refractivity contribution >= 4 is 33.3 Å². The fourth-order valence-electron chi connectivity index (χ4n) is 2.15. The molecule has 23 heavy (non-hydrogen) atoms. The third-order valence-electron chi connectivity index (χ3n) is 3.25. The van der Waals surface area contributed by atoms with Gasteiger partial charge in [0.1, 0.15) is 17.0 Å². The highest BCUT2D eigenvalue weighted by atomic mass is 32.1. The Kier molecular flexibility index (Phi) is 4.63. The second-order valence-electron chi connectivity index (χ2n) is 4.86. The molecule has 0 aliphatic rings. The first-order valence-corrected chi connectivity index (χ1v) is 8.01. The second kappa shape index (κ2) is 7.02. The smallest absolute Gasteiger partial charge is 0.239 e. The zero-order valence-corrected chi connectivity index (χ0v) is 13.3. The van der Waals surface area contributed by atoms with Crippen molar-refractivity contribution in [1.82, 2.24) is 15.3 Å². The normalized spacial score (nSPS) is 10.4. The van der Waals surface area contributed by atoms with E-state index in [2.05, 4.69) is 45.4 Å². The first-order chi connectivity index (χ1) is 11.3. The van der Waals surface area contributed by atoms with Crippen LogP contribution in [0.3, 0.4) is 0 Å². The topological polar surface area (TPSA) is 66.9 Å². The van der Waals surface area contributed by atoms with Gasteiger partial charge in [0.2, 0.25) is 5.91 Å².